The number of hydrogen-bond donors (Lipinski definition) is 1. The second kappa shape index (κ2) is 7.00. The number of likely N-dealkylation sites (tertiary alicyclic amines) is 1. The molecule has 2 aliphatic rings. The van der Waals surface area contributed by atoms with Gasteiger partial charge in [0.05, 0.1) is 5.92 Å². The summed E-state index contributed by atoms with van der Waals surface area (Å²) in [6.07, 6.45) is 2.80. The van der Waals surface area contributed by atoms with Crippen LogP contribution in [-0.2, 0) is 16.0 Å². The molecule has 7 nitrogen and oxygen atoms in total. The van der Waals surface area contributed by atoms with E-state index in [9.17, 15) is 14.0 Å². The number of aromatic nitrogens is 2. The van der Waals surface area contributed by atoms with Crippen LogP contribution >= 0.6 is 0 Å². The van der Waals surface area contributed by atoms with E-state index in [1.165, 1.54) is 6.07 Å². The summed E-state index contributed by atoms with van der Waals surface area (Å²) in [6, 6.07) is 4.74. The molecular weight excluding hydrogens is 365 g/mol. The van der Waals surface area contributed by atoms with E-state index in [1.54, 1.807) is 24.0 Å². The lowest BCUT2D eigenvalue weighted by molar-refractivity contribution is -0.139. The highest BCUT2D eigenvalue weighted by molar-refractivity contribution is 5.77. The fourth-order valence-electron chi connectivity index (χ4n) is 4.03. The largest absolute Gasteiger partial charge is 0.481 e. The lowest BCUT2D eigenvalue weighted by Gasteiger charge is -2.32. The monoisotopic (exact) mass is 387 g/mol. The standard InChI is InChI=1S/C20H22FN3O4/c1-12-2-3-13(10-15(12)21)18-22-16(28-23-18)4-5-17(25)24-8-6-20(7-9-24)11-14(20)19(26)27/h2-3,10,14H,4-9,11H2,1H3,(H,26,27). The first-order valence-corrected chi connectivity index (χ1v) is 9.48. The lowest BCUT2D eigenvalue weighted by Crippen LogP contribution is -2.40. The number of rotatable bonds is 5. The van der Waals surface area contributed by atoms with Crippen molar-refractivity contribution in [3.05, 3.63) is 35.5 Å². The minimum Gasteiger partial charge on any atom is -0.481 e. The molecule has 1 unspecified atom stereocenters. The highest BCUT2D eigenvalue weighted by atomic mass is 19.1. The van der Waals surface area contributed by atoms with Gasteiger partial charge < -0.3 is 14.5 Å². The molecule has 1 N–H and O–H groups in total. The SMILES string of the molecule is Cc1ccc(-c2noc(CCC(=O)N3CCC4(CC3)CC4C(=O)O)n2)cc1F. The molecule has 1 amide bonds. The number of amides is 1. The van der Waals surface area contributed by atoms with Crippen LogP contribution in [0.2, 0.25) is 0 Å². The van der Waals surface area contributed by atoms with Crippen LogP contribution in [0.15, 0.2) is 22.7 Å². The second-order valence-electron chi connectivity index (χ2n) is 7.81. The summed E-state index contributed by atoms with van der Waals surface area (Å²) >= 11 is 0. The van der Waals surface area contributed by atoms with E-state index in [0.717, 1.165) is 19.3 Å². The van der Waals surface area contributed by atoms with Crippen molar-refractivity contribution in [3.8, 4) is 11.4 Å². The highest BCUT2D eigenvalue weighted by Crippen LogP contribution is 2.59. The third-order valence-electron chi connectivity index (χ3n) is 6.05. The predicted octanol–water partition coefficient (Wildman–Crippen LogP) is 2.83. The van der Waals surface area contributed by atoms with Gasteiger partial charge in [-0.25, -0.2) is 4.39 Å². The number of aliphatic carboxylic acids is 1. The molecule has 28 heavy (non-hydrogen) atoms. The summed E-state index contributed by atoms with van der Waals surface area (Å²) in [6.45, 7) is 2.88. The minimum absolute atomic E-state index is 0.00325. The molecular formula is C20H22FN3O4. The zero-order valence-corrected chi connectivity index (χ0v) is 15.7. The van der Waals surface area contributed by atoms with Crippen molar-refractivity contribution < 1.29 is 23.6 Å². The Morgan fingerprint density at radius 1 is 1.36 bits per heavy atom. The number of carbonyl (C=O) groups is 2. The summed E-state index contributed by atoms with van der Waals surface area (Å²) in [5.74, 6) is -0.652. The Hall–Kier alpha value is -2.77. The van der Waals surface area contributed by atoms with Crippen LogP contribution in [0.1, 0.15) is 37.1 Å². The Balaban J connectivity index is 1.29. The molecule has 2 aromatic rings. The van der Waals surface area contributed by atoms with Crippen LogP contribution in [0.3, 0.4) is 0 Å². The lowest BCUT2D eigenvalue weighted by atomic mass is 9.90. The van der Waals surface area contributed by atoms with Crippen LogP contribution in [-0.4, -0.2) is 45.1 Å². The number of carboxylic acids is 1. The quantitative estimate of drug-likeness (QED) is 0.847. The Morgan fingerprint density at radius 3 is 2.75 bits per heavy atom. The van der Waals surface area contributed by atoms with Gasteiger partial charge in [-0.1, -0.05) is 17.3 Å². The fourth-order valence-corrected chi connectivity index (χ4v) is 4.03. The van der Waals surface area contributed by atoms with Gasteiger partial charge in [-0.05, 0) is 43.2 Å². The average molecular weight is 387 g/mol. The number of piperidine rings is 1. The van der Waals surface area contributed by atoms with E-state index in [2.05, 4.69) is 10.1 Å². The van der Waals surface area contributed by atoms with Gasteiger partial charge in [-0.3, -0.25) is 9.59 Å². The number of hydrogen-bond acceptors (Lipinski definition) is 5. The van der Waals surface area contributed by atoms with Crippen molar-refractivity contribution in [1.82, 2.24) is 15.0 Å². The van der Waals surface area contributed by atoms with Crippen molar-refractivity contribution in [3.63, 3.8) is 0 Å². The Labute approximate surface area is 161 Å². The molecule has 1 aromatic carbocycles. The summed E-state index contributed by atoms with van der Waals surface area (Å²) in [5, 5.41) is 13.0. The minimum atomic E-state index is -0.722. The van der Waals surface area contributed by atoms with Gasteiger partial charge >= 0.3 is 5.97 Å². The summed E-state index contributed by atoms with van der Waals surface area (Å²) in [4.78, 5) is 29.6. The topological polar surface area (TPSA) is 96.5 Å². The first-order chi connectivity index (χ1) is 13.4. The average Bonchev–Trinajstić information content (AvgIpc) is 3.17. The summed E-state index contributed by atoms with van der Waals surface area (Å²) in [7, 11) is 0. The van der Waals surface area contributed by atoms with Gasteiger partial charge in [-0.2, -0.15) is 4.98 Å². The maximum Gasteiger partial charge on any atom is 0.307 e. The Kier molecular flexibility index (Phi) is 4.64. The number of aryl methyl sites for hydroxylation is 2. The molecule has 1 saturated carbocycles. The van der Waals surface area contributed by atoms with Gasteiger partial charge in [0, 0.05) is 31.5 Å². The number of benzene rings is 1. The molecule has 0 radical (unpaired) electrons. The van der Waals surface area contributed by atoms with Crippen molar-refractivity contribution in [2.75, 3.05) is 13.1 Å². The molecule has 1 spiro atoms. The third kappa shape index (κ3) is 3.50. The maximum atomic E-state index is 13.7. The molecule has 1 aliphatic heterocycles. The van der Waals surface area contributed by atoms with E-state index >= 15 is 0 Å². The number of carbonyl (C=O) groups excluding carboxylic acids is 1. The van der Waals surface area contributed by atoms with E-state index in [0.29, 0.717) is 42.4 Å². The maximum absolute atomic E-state index is 13.7. The number of nitrogens with zero attached hydrogens (tertiary/aromatic N) is 3. The van der Waals surface area contributed by atoms with Crippen molar-refractivity contribution >= 4 is 11.9 Å². The molecule has 2 heterocycles. The van der Waals surface area contributed by atoms with Crippen molar-refractivity contribution in [2.24, 2.45) is 11.3 Å². The van der Waals surface area contributed by atoms with Crippen LogP contribution < -0.4 is 0 Å². The van der Waals surface area contributed by atoms with E-state index in [-0.39, 0.29) is 29.5 Å². The van der Waals surface area contributed by atoms with E-state index < -0.39 is 5.97 Å². The van der Waals surface area contributed by atoms with Gasteiger partial charge in [0.2, 0.25) is 17.6 Å². The fraction of sp³-hybridized carbons (Fsp3) is 0.500. The van der Waals surface area contributed by atoms with Crippen LogP contribution in [0, 0.1) is 24.1 Å². The van der Waals surface area contributed by atoms with E-state index in [1.807, 2.05) is 0 Å². The molecule has 1 aliphatic carbocycles. The summed E-state index contributed by atoms with van der Waals surface area (Å²) < 4.78 is 18.9. The van der Waals surface area contributed by atoms with Crippen LogP contribution in [0.5, 0.6) is 0 Å². The van der Waals surface area contributed by atoms with Gasteiger partial charge in [0.15, 0.2) is 0 Å². The van der Waals surface area contributed by atoms with Gasteiger partial charge in [0.25, 0.3) is 0 Å². The van der Waals surface area contributed by atoms with Crippen LogP contribution in [0.4, 0.5) is 4.39 Å². The second-order valence-corrected chi connectivity index (χ2v) is 7.81. The zero-order chi connectivity index (χ0) is 19.9. The van der Waals surface area contributed by atoms with Gasteiger partial charge in [-0.15, -0.1) is 0 Å². The number of halogens is 1. The Bertz CT molecular complexity index is 918. The Morgan fingerprint density at radius 2 is 2.11 bits per heavy atom. The van der Waals surface area contributed by atoms with Crippen LogP contribution in [0.25, 0.3) is 11.4 Å². The first kappa shape index (κ1) is 18.6. The summed E-state index contributed by atoms with van der Waals surface area (Å²) in [5.41, 5.74) is 0.984. The molecule has 4 rings (SSSR count). The molecule has 8 heteroatoms. The zero-order valence-electron chi connectivity index (χ0n) is 15.7. The van der Waals surface area contributed by atoms with Crippen molar-refractivity contribution in [1.29, 1.82) is 0 Å². The van der Waals surface area contributed by atoms with E-state index in [4.69, 9.17) is 9.63 Å². The molecule has 0 bridgehead atoms. The third-order valence-corrected chi connectivity index (χ3v) is 6.05. The molecule has 1 atom stereocenters. The normalized spacial score (nSPS) is 20.4. The molecule has 1 aromatic heterocycles. The highest BCUT2D eigenvalue weighted by Gasteiger charge is 2.59. The molecule has 148 valence electrons. The van der Waals surface area contributed by atoms with Gasteiger partial charge in [0.1, 0.15) is 5.82 Å². The molecule has 1 saturated heterocycles. The van der Waals surface area contributed by atoms with Crippen molar-refractivity contribution in [2.45, 2.75) is 39.0 Å². The smallest absolute Gasteiger partial charge is 0.307 e. The molecule has 2 fully saturated rings. The predicted molar refractivity (Wildman–Crippen MR) is 96.7 cm³/mol. The first-order valence-electron chi connectivity index (χ1n) is 9.48. The number of carboxylic acid groups (broad SMARTS) is 1.